The van der Waals surface area contributed by atoms with E-state index in [0.29, 0.717) is 19.4 Å². The number of nitrogens with zero attached hydrogens (tertiary/aromatic N) is 2. The SMILES string of the molecule is CC(C)C[C@H](C(=O)OCC(=O)N1CCNC1=O)N1C(=O)[C@H]2CC=CC[C@H]2C1=O. The number of allylic oxidation sites excluding steroid dienone is 2. The van der Waals surface area contributed by atoms with Crippen molar-refractivity contribution in [1.82, 2.24) is 15.1 Å². The van der Waals surface area contributed by atoms with Crippen molar-refractivity contribution in [3.63, 3.8) is 0 Å². The molecule has 3 aliphatic rings. The lowest BCUT2D eigenvalue weighted by molar-refractivity contribution is -0.162. The van der Waals surface area contributed by atoms with Gasteiger partial charge in [-0.3, -0.25) is 24.2 Å². The predicted molar refractivity (Wildman–Crippen MR) is 96.5 cm³/mol. The lowest BCUT2D eigenvalue weighted by Gasteiger charge is -2.26. The quantitative estimate of drug-likeness (QED) is 0.400. The molecule has 3 atom stereocenters. The fourth-order valence-electron chi connectivity index (χ4n) is 3.90. The molecule has 152 valence electrons. The van der Waals surface area contributed by atoms with Gasteiger partial charge in [-0.2, -0.15) is 0 Å². The predicted octanol–water partition coefficient (Wildman–Crippen LogP) is 0.447. The van der Waals surface area contributed by atoms with Crippen molar-refractivity contribution < 1.29 is 28.7 Å². The maximum absolute atomic E-state index is 12.8. The summed E-state index contributed by atoms with van der Waals surface area (Å²) in [6, 6.07) is -1.59. The Balaban J connectivity index is 1.70. The molecule has 0 aromatic rings. The number of amides is 5. The number of urea groups is 1. The van der Waals surface area contributed by atoms with Crippen LogP contribution in [-0.4, -0.2) is 65.3 Å². The van der Waals surface area contributed by atoms with Crippen LogP contribution in [0.4, 0.5) is 4.79 Å². The standard InChI is InChI=1S/C19H25N3O6/c1-11(2)9-14(18(26)28-10-15(23)21-8-7-20-19(21)27)22-16(24)12-5-3-4-6-13(12)17(22)25/h3-4,11-14H,5-10H2,1-2H3,(H,20,27)/t12-,13+,14-/m1/s1. The van der Waals surface area contributed by atoms with E-state index in [9.17, 15) is 24.0 Å². The summed E-state index contributed by atoms with van der Waals surface area (Å²) in [4.78, 5) is 63.9. The molecule has 2 aliphatic heterocycles. The number of ether oxygens (including phenoxy) is 1. The van der Waals surface area contributed by atoms with Crippen LogP contribution in [0.1, 0.15) is 33.1 Å². The lowest BCUT2D eigenvalue weighted by Crippen LogP contribution is -2.48. The Morgan fingerprint density at radius 2 is 1.75 bits per heavy atom. The Hall–Kier alpha value is -2.71. The molecule has 2 fully saturated rings. The van der Waals surface area contributed by atoms with Crippen LogP contribution in [0.3, 0.4) is 0 Å². The number of imide groups is 2. The normalized spacial score (nSPS) is 25.2. The second kappa shape index (κ2) is 8.12. The Labute approximate surface area is 163 Å². The number of fused-ring (bicyclic) bond motifs is 1. The van der Waals surface area contributed by atoms with Crippen molar-refractivity contribution in [2.75, 3.05) is 19.7 Å². The Kier molecular flexibility index (Phi) is 5.81. The maximum Gasteiger partial charge on any atom is 0.329 e. The molecule has 9 nitrogen and oxygen atoms in total. The molecule has 0 unspecified atom stereocenters. The number of hydrogen-bond acceptors (Lipinski definition) is 6. The van der Waals surface area contributed by atoms with Crippen molar-refractivity contribution in [1.29, 1.82) is 0 Å². The van der Waals surface area contributed by atoms with E-state index in [2.05, 4.69) is 5.32 Å². The second-order valence-corrected chi connectivity index (χ2v) is 7.73. The van der Waals surface area contributed by atoms with Crippen LogP contribution < -0.4 is 5.32 Å². The zero-order valence-electron chi connectivity index (χ0n) is 16.1. The van der Waals surface area contributed by atoms with E-state index in [-0.39, 0.29) is 30.7 Å². The topological polar surface area (TPSA) is 113 Å². The molecule has 1 aliphatic carbocycles. The number of esters is 1. The highest BCUT2D eigenvalue weighted by atomic mass is 16.5. The summed E-state index contributed by atoms with van der Waals surface area (Å²) in [6.45, 7) is 3.71. The molecule has 0 bridgehead atoms. The lowest BCUT2D eigenvalue weighted by atomic mass is 9.85. The van der Waals surface area contributed by atoms with Gasteiger partial charge in [-0.05, 0) is 25.2 Å². The monoisotopic (exact) mass is 391 g/mol. The molecule has 2 saturated heterocycles. The Morgan fingerprint density at radius 3 is 2.25 bits per heavy atom. The van der Waals surface area contributed by atoms with Gasteiger partial charge in [0.2, 0.25) is 11.8 Å². The molecule has 9 heteroatoms. The minimum Gasteiger partial charge on any atom is -0.454 e. The van der Waals surface area contributed by atoms with Crippen molar-refractivity contribution in [3.05, 3.63) is 12.2 Å². The molecular formula is C19H25N3O6. The van der Waals surface area contributed by atoms with Gasteiger partial charge in [-0.25, -0.2) is 9.59 Å². The smallest absolute Gasteiger partial charge is 0.329 e. The number of carbonyl (C=O) groups is 5. The largest absolute Gasteiger partial charge is 0.454 e. The third-order valence-corrected chi connectivity index (χ3v) is 5.32. The molecule has 28 heavy (non-hydrogen) atoms. The molecule has 1 N–H and O–H groups in total. The molecule has 5 amide bonds. The van der Waals surface area contributed by atoms with Gasteiger partial charge >= 0.3 is 12.0 Å². The Bertz CT molecular complexity index is 705. The highest BCUT2D eigenvalue weighted by Crippen LogP contribution is 2.37. The average molecular weight is 391 g/mol. The zero-order valence-corrected chi connectivity index (χ0v) is 16.1. The van der Waals surface area contributed by atoms with Crippen molar-refractivity contribution >= 4 is 29.7 Å². The minimum atomic E-state index is -1.06. The van der Waals surface area contributed by atoms with E-state index in [4.69, 9.17) is 4.74 Å². The van der Waals surface area contributed by atoms with E-state index in [1.165, 1.54) is 0 Å². The minimum absolute atomic E-state index is 0.0268. The highest BCUT2D eigenvalue weighted by Gasteiger charge is 2.51. The molecule has 0 aromatic carbocycles. The first kappa shape index (κ1) is 20.0. The van der Waals surface area contributed by atoms with Gasteiger partial charge < -0.3 is 10.1 Å². The highest BCUT2D eigenvalue weighted by molar-refractivity contribution is 6.08. The number of rotatable bonds is 6. The number of hydrogen-bond donors (Lipinski definition) is 1. The Morgan fingerprint density at radius 1 is 1.14 bits per heavy atom. The fourth-order valence-corrected chi connectivity index (χ4v) is 3.90. The van der Waals surface area contributed by atoms with E-state index in [0.717, 1.165) is 9.80 Å². The molecule has 0 radical (unpaired) electrons. The summed E-state index contributed by atoms with van der Waals surface area (Å²) in [7, 11) is 0. The van der Waals surface area contributed by atoms with Gasteiger partial charge in [-0.15, -0.1) is 0 Å². The molecule has 2 heterocycles. The molecule has 3 rings (SSSR count). The van der Waals surface area contributed by atoms with Gasteiger partial charge in [0, 0.05) is 13.1 Å². The first-order valence-electron chi connectivity index (χ1n) is 9.58. The van der Waals surface area contributed by atoms with Gasteiger partial charge in [-0.1, -0.05) is 26.0 Å². The average Bonchev–Trinajstić information content (AvgIpc) is 3.20. The fraction of sp³-hybridized carbons (Fsp3) is 0.632. The third kappa shape index (κ3) is 3.79. The molecular weight excluding hydrogens is 366 g/mol. The van der Waals surface area contributed by atoms with E-state index >= 15 is 0 Å². The van der Waals surface area contributed by atoms with Crippen LogP contribution in [0.2, 0.25) is 0 Å². The molecule has 0 aromatic heterocycles. The summed E-state index contributed by atoms with van der Waals surface area (Å²) in [5.74, 6) is -2.98. The van der Waals surface area contributed by atoms with E-state index in [1.54, 1.807) is 0 Å². The van der Waals surface area contributed by atoms with Crippen molar-refractivity contribution in [3.8, 4) is 0 Å². The van der Waals surface area contributed by atoms with Crippen LogP contribution in [-0.2, 0) is 23.9 Å². The van der Waals surface area contributed by atoms with E-state index < -0.39 is 42.4 Å². The summed E-state index contributed by atoms with van der Waals surface area (Å²) in [6.07, 6.45) is 4.98. The van der Waals surface area contributed by atoms with Gasteiger partial charge in [0.1, 0.15) is 6.04 Å². The first-order valence-corrected chi connectivity index (χ1v) is 9.58. The first-order chi connectivity index (χ1) is 13.3. The maximum atomic E-state index is 12.8. The summed E-state index contributed by atoms with van der Waals surface area (Å²) in [5, 5.41) is 2.49. The van der Waals surface area contributed by atoms with Crippen LogP contribution >= 0.6 is 0 Å². The number of nitrogens with one attached hydrogen (secondary N) is 1. The van der Waals surface area contributed by atoms with Crippen molar-refractivity contribution in [2.45, 2.75) is 39.2 Å². The van der Waals surface area contributed by atoms with E-state index in [1.807, 2.05) is 26.0 Å². The van der Waals surface area contributed by atoms with Gasteiger partial charge in [0.15, 0.2) is 6.61 Å². The molecule has 0 saturated carbocycles. The van der Waals surface area contributed by atoms with Crippen LogP contribution in [0.15, 0.2) is 12.2 Å². The summed E-state index contributed by atoms with van der Waals surface area (Å²) >= 11 is 0. The van der Waals surface area contributed by atoms with Crippen LogP contribution in [0.5, 0.6) is 0 Å². The number of carbonyl (C=O) groups excluding carboxylic acids is 5. The van der Waals surface area contributed by atoms with Crippen LogP contribution in [0, 0.1) is 17.8 Å². The summed E-state index contributed by atoms with van der Waals surface area (Å²) in [5.41, 5.74) is 0. The second-order valence-electron chi connectivity index (χ2n) is 7.73. The summed E-state index contributed by atoms with van der Waals surface area (Å²) < 4.78 is 5.12. The van der Waals surface area contributed by atoms with Gasteiger partial charge in [0.25, 0.3) is 5.91 Å². The number of likely N-dealkylation sites (tertiary alicyclic amines) is 1. The zero-order chi connectivity index (χ0) is 20.4. The third-order valence-electron chi connectivity index (χ3n) is 5.32. The van der Waals surface area contributed by atoms with Crippen molar-refractivity contribution in [2.24, 2.45) is 17.8 Å². The van der Waals surface area contributed by atoms with Gasteiger partial charge in [0.05, 0.1) is 11.8 Å². The molecule has 0 spiro atoms. The van der Waals surface area contributed by atoms with Crippen LogP contribution in [0.25, 0.3) is 0 Å².